The summed E-state index contributed by atoms with van der Waals surface area (Å²) in [5.74, 6) is -0.199. The van der Waals surface area contributed by atoms with E-state index in [9.17, 15) is 9.59 Å². The number of amides is 2. The Morgan fingerprint density at radius 1 is 1.12 bits per heavy atom. The molecule has 0 aliphatic carbocycles. The molecule has 25 heavy (non-hydrogen) atoms. The van der Waals surface area contributed by atoms with Crippen LogP contribution < -0.4 is 15.4 Å². The smallest absolute Gasteiger partial charge is 0.257 e. The second-order valence-electron chi connectivity index (χ2n) is 5.29. The molecule has 2 aromatic rings. The Morgan fingerprint density at radius 2 is 1.88 bits per heavy atom. The van der Waals surface area contributed by atoms with Crippen molar-refractivity contribution >= 4 is 34.8 Å². The number of hydrogen-bond donors (Lipinski definition) is 2. The molecule has 0 fully saturated rings. The van der Waals surface area contributed by atoms with Crippen LogP contribution in [0.2, 0.25) is 5.02 Å². The molecule has 0 aromatic heterocycles. The van der Waals surface area contributed by atoms with Gasteiger partial charge in [0.25, 0.3) is 5.91 Å². The van der Waals surface area contributed by atoms with Crippen LogP contribution in [0.4, 0.5) is 11.4 Å². The van der Waals surface area contributed by atoms with Crippen LogP contribution in [0.25, 0.3) is 0 Å². The summed E-state index contributed by atoms with van der Waals surface area (Å²) in [5, 5.41) is 5.84. The minimum Gasteiger partial charge on any atom is -0.495 e. The molecule has 7 heteroatoms. The number of hydrogen-bond acceptors (Lipinski definition) is 4. The SMILES string of the molecule is COCC(=O)Nc1cc(NC(=O)c2cccc(C)c2Cl)ccc1OC. The van der Waals surface area contributed by atoms with Gasteiger partial charge in [-0.2, -0.15) is 0 Å². The highest BCUT2D eigenvalue weighted by molar-refractivity contribution is 6.35. The number of ether oxygens (including phenoxy) is 2. The lowest BCUT2D eigenvalue weighted by molar-refractivity contribution is -0.119. The van der Waals surface area contributed by atoms with Crippen LogP contribution >= 0.6 is 11.6 Å². The fourth-order valence-corrected chi connectivity index (χ4v) is 2.43. The van der Waals surface area contributed by atoms with Gasteiger partial charge in [-0.1, -0.05) is 23.7 Å². The van der Waals surface area contributed by atoms with E-state index >= 15 is 0 Å². The van der Waals surface area contributed by atoms with Crippen LogP contribution in [0.15, 0.2) is 36.4 Å². The lowest BCUT2D eigenvalue weighted by Gasteiger charge is -2.13. The maximum absolute atomic E-state index is 12.4. The average Bonchev–Trinajstić information content (AvgIpc) is 2.57. The Balaban J connectivity index is 2.23. The Bertz CT molecular complexity index is 793. The standard InChI is InChI=1S/C18H19ClN2O4/c1-11-5-4-6-13(17(11)19)18(23)20-12-7-8-15(25-3)14(9-12)21-16(22)10-24-2/h4-9H,10H2,1-3H3,(H,20,23)(H,21,22). The predicted octanol–water partition coefficient (Wildman–Crippen LogP) is 3.49. The van der Waals surface area contributed by atoms with Gasteiger partial charge in [0.1, 0.15) is 12.4 Å². The summed E-state index contributed by atoms with van der Waals surface area (Å²) >= 11 is 6.19. The van der Waals surface area contributed by atoms with E-state index in [2.05, 4.69) is 10.6 Å². The first-order valence-corrected chi connectivity index (χ1v) is 7.87. The zero-order chi connectivity index (χ0) is 18.4. The number of nitrogens with one attached hydrogen (secondary N) is 2. The van der Waals surface area contributed by atoms with E-state index in [-0.39, 0.29) is 18.4 Å². The molecule has 0 spiro atoms. The number of carbonyl (C=O) groups excluding carboxylic acids is 2. The summed E-state index contributed by atoms with van der Waals surface area (Å²) in [4.78, 5) is 24.2. The minimum atomic E-state index is -0.340. The highest BCUT2D eigenvalue weighted by Gasteiger charge is 2.14. The fourth-order valence-electron chi connectivity index (χ4n) is 2.22. The number of methoxy groups -OCH3 is 2. The molecule has 0 atom stereocenters. The third kappa shape index (κ3) is 4.71. The third-order valence-electron chi connectivity index (χ3n) is 3.44. The van der Waals surface area contributed by atoms with Crippen molar-refractivity contribution in [2.75, 3.05) is 31.5 Å². The quantitative estimate of drug-likeness (QED) is 0.824. The summed E-state index contributed by atoms with van der Waals surface area (Å²) in [5.41, 5.74) is 2.12. The molecule has 2 N–H and O–H groups in total. The van der Waals surface area contributed by atoms with Crippen LogP contribution in [0, 0.1) is 6.92 Å². The molecule has 0 aliphatic heterocycles. The van der Waals surface area contributed by atoms with E-state index in [0.717, 1.165) is 5.56 Å². The normalized spacial score (nSPS) is 10.2. The number of rotatable bonds is 6. The average molecular weight is 363 g/mol. The van der Waals surface area contributed by atoms with Crippen molar-refractivity contribution < 1.29 is 19.1 Å². The van der Waals surface area contributed by atoms with Gasteiger partial charge < -0.3 is 20.1 Å². The molecule has 0 saturated carbocycles. The van der Waals surface area contributed by atoms with Gasteiger partial charge in [0.15, 0.2) is 0 Å². The highest BCUT2D eigenvalue weighted by atomic mass is 35.5. The van der Waals surface area contributed by atoms with Crippen molar-refractivity contribution in [2.45, 2.75) is 6.92 Å². The van der Waals surface area contributed by atoms with Gasteiger partial charge in [-0.25, -0.2) is 0 Å². The number of halogens is 1. The maximum atomic E-state index is 12.4. The van der Waals surface area contributed by atoms with E-state index in [1.165, 1.54) is 14.2 Å². The first-order chi connectivity index (χ1) is 12.0. The monoisotopic (exact) mass is 362 g/mol. The lowest BCUT2D eigenvalue weighted by atomic mass is 10.1. The van der Waals surface area contributed by atoms with Crippen molar-refractivity contribution in [1.82, 2.24) is 0 Å². The molecule has 0 saturated heterocycles. The number of benzene rings is 2. The first-order valence-electron chi connectivity index (χ1n) is 7.49. The number of anilines is 2. The Hall–Kier alpha value is -2.57. The van der Waals surface area contributed by atoms with Crippen molar-refractivity contribution in [2.24, 2.45) is 0 Å². The van der Waals surface area contributed by atoms with Gasteiger partial charge in [0.2, 0.25) is 5.91 Å². The van der Waals surface area contributed by atoms with E-state index in [0.29, 0.717) is 27.7 Å². The maximum Gasteiger partial charge on any atom is 0.257 e. The zero-order valence-electron chi connectivity index (χ0n) is 14.2. The molecular formula is C18H19ClN2O4. The zero-order valence-corrected chi connectivity index (χ0v) is 14.9. The van der Waals surface area contributed by atoms with Crippen molar-refractivity contribution in [3.8, 4) is 5.75 Å². The van der Waals surface area contributed by atoms with Gasteiger partial charge in [0, 0.05) is 12.8 Å². The molecule has 0 radical (unpaired) electrons. The van der Waals surface area contributed by atoms with Crippen molar-refractivity contribution in [3.63, 3.8) is 0 Å². The molecule has 2 rings (SSSR count). The number of aryl methyl sites for hydroxylation is 1. The molecular weight excluding hydrogens is 344 g/mol. The van der Waals surface area contributed by atoms with Crippen LogP contribution in [-0.2, 0) is 9.53 Å². The van der Waals surface area contributed by atoms with E-state index in [1.54, 1.807) is 30.3 Å². The van der Waals surface area contributed by atoms with Crippen LogP contribution in [-0.4, -0.2) is 32.6 Å². The molecule has 2 amide bonds. The highest BCUT2D eigenvalue weighted by Crippen LogP contribution is 2.29. The van der Waals surface area contributed by atoms with Gasteiger partial charge in [0.05, 0.1) is 23.4 Å². The van der Waals surface area contributed by atoms with Crippen LogP contribution in [0.3, 0.4) is 0 Å². The molecule has 0 heterocycles. The molecule has 0 aliphatic rings. The van der Waals surface area contributed by atoms with Gasteiger partial charge in [-0.3, -0.25) is 9.59 Å². The van der Waals surface area contributed by atoms with Crippen molar-refractivity contribution in [3.05, 3.63) is 52.5 Å². The van der Waals surface area contributed by atoms with Crippen molar-refractivity contribution in [1.29, 1.82) is 0 Å². The summed E-state index contributed by atoms with van der Waals surface area (Å²) < 4.78 is 10.0. The minimum absolute atomic E-state index is 0.0847. The Labute approximate surface area is 151 Å². The Morgan fingerprint density at radius 3 is 2.56 bits per heavy atom. The topological polar surface area (TPSA) is 76.7 Å². The fraction of sp³-hybridized carbons (Fsp3) is 0.222. The van der Waals surface area contributed by atoms with Crippen LogP contribution in [0.5, 0.6) is 5.75 Å². The Kier molecular flexibility index (Phi) is 6.38. The van der Waals surface area contributed by atoms with E-state index in [1.807, 2.05) is 13.0 Å². The predicted molar refractivity (Wildman–Crippen MR) is 97.6 cm³/mol. The molecule has 0 bridgehead atoms. The molecule has 132 valence electrons. The molecule has 6 nitrogen and oxygen atoms in total. The number of carbonyl (C=O) groups is 2. The molecule has 2 aromatic carbocycles. The third-order valence-corrected chi connectivity index (χ3v) is 3.94. The largest absolute Gasteiger partial charge is 0.495 e. The lowest BCUT2D eigenvalue weighted by Crippen LogP contribution is -2.18. The second kappa shape index (κ2) is 8.50. The summed E-state index contributed by atoms with van der Waals surface area (Å²) in [6.07, 6.45) is 0. The second-order valence-corrected chi connectivity index (χ2v) is 5.66. The van der Waals surface area contributed by atoms with E-state index in [4.69, 9.17) is 21.1 Å². The van der Waals surface area contributed by atoms with Gasteiger partial charge >= 0.3 is 0 Å². The van der Waals surface area contributed by atoms with Crippen LogP contribution in [0.1, 0.15) is 15.9 Å². The molecule has 0 unspecified atom stereocenters. The van der Waals surface area contributed by atoms with Gasteiger partial charge in [-0.15, -0.1) is 0 Å². The summed E-state index contributed by atoms with van der Waals surface area (Å²) in [6, 6.07) is 10.2. The first kappa shape index (κ1) is 18.8. The summed E-state index contributed by atoms with van der Waals surface area (Å²) in [7, 11) is 2.92. The summed E-state index contributed by atoms with van der Waals surface area (Å²) in [6.45, 7) is 1.74. The van der Waals surface area contributed by atoms with E-state index < -0.39 is 0 Å². The van der Waals surface area contributed by atoms with Gasteiger partial charge in [-0.05, 0) is 36.8 Å².